The lowest BCUT2D eigenvalue weighted by Gasteiger charge is -2.21. The summed E-state index contributed by atoms with van der Waals surface area (Å²) >= 11 is 6.03. The van der Waals surface area contributed by atoms with Crippen LogP contribution in [-0.4, -0.2) is 15.2 Å². The van der Waals surface area contributed by atoms with E-state index >= 15 is 0 Å². The third kappa shape index (κ3) is 3.09. The number of aryl methyl sites for hydroxylation is 1. The SMILES string of the molecule is Cc1cc(N[C@@H](c2ccc(Cl)cc2)c2ccc3cccnc3c2O)no1. The van der Waals surface area contributed by atoms with Crippen molar-refractivity contribution in [3.63, 3.8) is 0 Å². The molecule has 5 nitrogen and oxygen atoms in total. The molecule has 2 aromatic heterocycles. The van der Waals surface area contributed by atoms with Crippen LogP contribution in [0.2, 0.25) is 5.02 Å². The third-order valence-electron chi connectivity index (χ3n) is 4.21. The lowest BCUT2D eigenvalue weighted by atomic mass is 9.96. The number of phenols is 1. The monoisotopic (exact) mass is 365 g/mol. The fraction of sp³-hybridized carbons (Fsp3) is 0.100. The van der Waals surface area contributed by atoms with Crippen molar-refractivity contribution in [2.75, 3.05) is 5.32 Å². The Labute approximate surface area is 155 Å². The highest BCUT2D eigenvalue weighted by molar-refractivity contribution is 6.30. The molecule has 2 heterocycles. The van der Waals surface area contributed by atoms with Crippen LogP contribution in [0.3, 0.4) is 0 Å². The van der Waals surface area contributed by atoms with E-state index in [1.165, 1.54) is 0 Å². The average molecular weight is 366 g/mol. The highest BCUT2D eigenvalue weighted by atomic mass is 35.5. The van der Waals surface area contributed by atoms with Gasteiger partial charge < -0.3 is 14.9 Å². The van der Waals surface area contributed by atoms with Crippen LogP contribution in [0.4, 0.5) is 5.82 Å². The number of benzene rings is 2. The van der Waals surface area contributed by atoms with Crippen LogP contribution < -0.4 is 5.32 Å². The molecule has 6 heteroatoms. The molecule has 0 aliphatic carbocycles. The Morgan fingerprint density at radius 1 is 1.12 bits per heavy atom. The third-order valence-corrected chi connectivity index (χ3v) is 4.47. The Morgan fingerprint density at radius 2 is 1.92 bits per heavy atom. The van der Waals surface area contributed by atoms with E-state index in [-0.39, 0.29) is 11.8 Å². The van der Waals surface area contributed by atoms with E-state index in [1.807, 2.05) is 55.5 Å². The van der Waals surface area contributed by atoms with Crippen molar-refractivity contribution in [1.82, 2.24) is 10.1 Å². The minimum Gasteiger partial charge on any atom is -0.505 e. The van der Waals surface area contributed by atoms with Crippen molar-refractivity contribution in [3.05, 3.63) is 82.7 Å². The number of anilines is 1. The van der Waals surface area contributed by atoms with Crippen LogP contribution in [0.5, 0.6) is 5.75 Å². The van der Waals surface area contributed by atoms with Gasteiger partial charge in [-0.05, 0) is 30.7 Å². The van der Waals surface area contributed by atoms with Crippen LogP contribution in [0, 0.1) is 6.92 Å². The zero-order chi connectivity index (χ0) is 18.1. The summed E-state index contributed by atoms with van der Waals surface area (Å²) in [4.78, 5) is 4.31. The van der Waals surface area contributed by atoms with E-state index in [4.69, 9.17) is 16.1 Å². The van der Waals surface area contributed by atoms with E-state index in [2.05, 4.69) is 15.5 Å². The number of halogens is 1. The Bertz CT molecular complexity index is 1060. The molecule has 1 atom stereocenters. The molecular weight excluding hydrogens is 350 g/mol. The average Bonchev–Trinajstić information content (AvgIpc) is 3.06. The zero-order valence-electron chi connectivity index (χ0n) is 14.0. The van der Waals surface area contributed by atoms with E-state index in [1.54, 1.807) is 12.3 Å². The molecule has 4 rings (SSSR count). The number of fused-ring (bicyclic) bond motifs is 1. The lowest BCUT2D eigenvalue weighted by Crippen LogP contribution is -2.13. The Kier molecular flexibility index (Phi) is 4.22. The smallest absolute Gasteiger partial charge is 0.170 e. The summed E-state index contributed by atoms with van der Waals surface area (Å²) in [6.45, 7) is 1.83. The lowest BCUT2D eigenvalue weighted by molar-refractivity contribution is 0.399. The van der Waals surface area contributed by atoms with Gasteiger partial charge in [-0.3, -0.25) is 4.98 Å². The van der Waals surface area contributed by atoms with E-state index < -0.39 is 0 Å². The van der Waals surface area contributed by atoms with Crippen molar-refractivity contribution in [1.29, 1.82) is 0 Å². The summed E-state index contributed by atoms with van der Waals surface area (Å²) in [5.74, 6) is 1.42. The molecule has 0 saturated carbocycles. The number of hydrogen-bond acceptors (Lipinski definition) is 5. The highest BCUT2D eigenvalue weighted by Crippen LogP contribution is 2.36. The van der Waals surface area contributed by atoms with Gasteiger partial charge in [0.05, 0.1) is 6.04 Å². The van der Waals surface area contributed by atoms with Gasteiger partial charge in [-0.2, -0.15) is 0 Å². The molecule has 130 valence electrons. The minimum atomic E-state index is -0.344. The zero-order valence-corrected chi connectivity index (χ0v) is 14.7. The Balaban J connectivity index is 1.84. The van der Waals surface area contributed by atoms with Gasteiger partial charge in [-0.15, -0.1) is 0 Å². The molecule has 0 fully saturated rings. The molecule has 0 unspecified atom stereocenters. The Morgan fingerprint density at radius 3 is 2.65 bits per heavy atom. The number of nitrogens with one attached hydrogen (secondary N) is 1. The molecule has 0 saturated heterocycles. The second kappa shape index (κ2) is 6.69. The van der Waals surface area contributed by atoms with Crippen molar-refractivity contribution in [2.45, 2.75) is 13.0 Å². The largest absolute Gasteiger partial charge is 0.505 e. The number of rotatable bonds is 4. The quantitative estimate of drug-likeness (QED) is 0.527. The number of hydrogen-bond donors (Lipinski definition) is 2. The molecule has 2 aromatic carbocycles. The van der Waals surface area contributed by atoms with Crippen molar-refractivity contribution < 1.29 is 9.63 Å². The molecule has 2 N–H and O–H groups in total. The molecule has 0 aliphatic rings. The van der Waals surface area contributed by atoms with Gasteiger partial charge in [0, 0.05) is 28.2 Å². The first-order valence-electron chi connectivity index (χ1n) is 8.14. The Hall–Kier alpha value is -3.05. The first kappa shape index (κ1) is 16.4. The predicted octanol–water partition coefficient (Wildman–Crippen LogP) is 5.09. The summed E-state index contributed by atoms with van der Waals surface area (Å²) < 4.78 is 5.15. The van der Waals surface area contributed by atoms with E-state index in [0.29, 0.717) is 27.7 Å². The number of pyridine rings is 1. The van der Waals surface area contributed by atoms with Crippen molar-refractivity contribution in [2.24, 2.45) is 0 Å². The number of nitrogens with zero attached hydrogens (tertiary/aromatic N) is 2. The normalized spacial score (nSPS) is 12.2. The first-order chi connectivity index (χ1) is 12.6. The van der Waals surface area contributed by atoms with Gasteiger partial charge in [0.2, 0.25) is 0 Å². The fourth-order valence-electron chi connectivity index (χ4n) is 2.96. The van der Waals surface area contributed by atoms with Gasteiger partial charge in [-0.1, -0.05) is 47.1 Å². The van der Waals surface area contributed by atoms with Crippen LogP contribution in [0.15, 0.2) is 65.3 Å². The summed E-state index contributed by atoms with van der Waals surface area (Å²) in [7, 11) is 0. The molecule has 26 heavy (non-hydrogen) atoms. The maximum absolute atomic E-state index is 10.8. The molecule has 0 bridgehead atoms. The molecule has 0 aliphatic heterocycles. The summed E-state index contributed by atoms with van der Waals surface area (Å²) in [5, 5.41) is 19.7. The van der Waals surface area contributed by atoms with Gasteiger partial charge in [0.15, 0.2) is 5.82 Å². The first-order valence-corrected chi connectivity index (χ1v) is 8.51. The predicted molar refractivity (Wildman–Crippen MR) is 102 cm³/mol. The molecule has 0 amide bonds. The van der Waals surface area contributed by atoms with Crippen LogP contribution >= 0.6 is 11.6 Å². The number of phenolic OH excluding ortho intramolecular Hbond substituents is 1. The number of aromatic hydroxyl groups is 1. The topological polar surface area (TPSA) is 71.2 Å². The molecule has 0 spiro atoms. The van der Waals surface area contributed by atoms with Crippen LogP contribution in [0.25, 0.3) is 10.9 Å². The summed E-state index contributed by atoms with van der Waals surface area (Å²) in [5.41, 5.74) is 2.18. The fourth-order valence-corrected chi connectivity index (χ4v) is 3.08. The van der Waals surface area contributed by atoms with Crippen molar-refractivity contribution in [3.8, 4) is 5.75 Å². The number of aromatic nitrogens is 2. The van der Waals surface area contributed by atoms with E-state index in [9.17, 15) is 5.11 Å². The maximum atomic E-state index is 10.8. The van der Waals surface area contributed by atoms with Gasteiger partial charge in [0.1, 0.15) is 17.0 Å². The van der Waals surface area contributed by atoms with Gasteiger partial charge >= 0.3 is 0 Å². The molecule has 0 radical (unpaired) electrons. The van der Waals surface area contributed by atoms with Crippen LogP contribution in [-0.2, 0) is 0 Å². The van der Waals surface area contributed by atoms with Gasteiger partial charge in [-0.25, -0.2) is 0 Å². The van der Waals surface area contributed by atoms with Gasteiger partial charge in [0.25, 0.3) is 0 Å². The maximum Gasteiger partial charge on any atom is 0.170 e. The molecular formula is C20H16ClN3O2. The molecule has 4 aromatic rings. The minimum absolute atomic E-state index is 0.135. The summed E-state index contributed by atoms with van der Waals surface area (Å²) in [6, 6.07) is 16.5. The standard InChI is InChI=1S/C20H16ClN3O2/c1-12-11-17(24-26-12)23-18(14-4-7-15(21)8-5-14)16-9-6-13-3-2-10-22-19(13)20(16)25/h2-11,18,25H,1H3,(H,23,24)/t18-/m0/s1. The van der Waals surface area contributed by atoms with E-state index in [0.717, 1.165) is 10.9 Å². The second-order valence-corrected chi connectivity index (χ2v) is 6.47. The van der Waals surface area contributed by atoms with Crippen molar-refractivity contribution >= 4 is 28.3 Å². The second-order valence-electron chi connectivity index (χ2n) is 6.03. The summed E-state index contributed by atoms with van der Waals surface area (Å²) in [6.07, 6.45) is 1.66. The highest BCUT2D eigenvalue weighted by Gasteiger charge is 2.21. The van der Waals surface area contributed by atoms with Crippen LogP contribution in [0.1, 0.15) is 22.9 Å².